The first-order chi connectivity index (χ1) is 13.4. The van der Waals surface area contributed by atoms with E-state index in [1.165, 1.54) is 12.5 Å². The van der Waals surface area contributed by atoms with Crippen LogP contribution in [0.15, 0.2) is 52.7 Å². The van der Waals surface area contributed by atoms with Gasteiger partial charge >= 0.3 is 0 Å². The molecule has 1 atom stereocenters. The zero-order chi connectivity index (χ0) is 20.5. The minimum absolute atomic E-state index is 0.118. The highest BCUT2D eigenvalue weighted by Crippen LogP contribution is 2.33. The fourth-order valence-electron chi connectivity index (χ4n) is 2.96. The van der Waals surface area contributed by atoms with Gasteiger partial charge in [-0.3, -0.25) is 4.79 Å². The van der Waals surface area contributed by atoms with Crippen LogP contribution in [0.2, 0.25) is 0 Å². The van der Waals surface area contributed by atoms with Gasteiger partial charge in [-0.05, 0) is 57.0 Å². The Labute approximate surface area is 168 Å². The van der Waals surface area contributed by atoms with Crippen LogP contribution >= 0.6 is 0 Å². The molecule has 0 aliphatic heterocycles. The smallest absolute Gasteiger partial charge is 0.221 e. The van der Waals surface area contributed by atoms with Crippen LogP contribution in [0, 0.1) is 6.92 Å². The van der Waals surface area contributed by atoms with Crippen molar-refractivity contribution in [3.8, 4) is 0 Å². The molecule has 0 bridgehead atoms. The molecule has 1 N–H and O–H groups in total. The molecule has 2 aromatic carbocycles. The first kappa shape index (κ1) is 21.6. The Hall–Kier alpha value is -2.69. The van der Waals surface area contributed by atoms with Gasteiger partial charge in [-0.25, -0.2) is 0 Å². The molecule has 5 nitrogen and oxygen atoms in total. The topological polar surface area (TPSA) is 57.1 Å². The minimum atomic E-state index is -0.118. The molecule has 2 rings (SSSR count). The Morgan fingerprint density at radius 2 is 1.82 bits per heavy atom. The van der Waals surface area contributed by atoms with Crippen molar-refractivity contribution in [3.63, 3.8) is 0 Å². The van der Waals surface area contributed by atoms with Gasteiger partial charge in [0.05, 0.1) is 11.4 Å². The maximum absolute atomic E-state index is 11.7. The fraction of sp³-hybridized carbons (Fsp3) is 0.435. The van der Waals surface area contributed by atoms with Crippen LogP contribution in [-0.2, 0) is 4.79 Å². The van der Waals surface area contributed by atoms with E-state index in [1.807, 2.05) is 43.3 Å². The summed E-state index contributed by atoms with van der Waals surface area (Å²) in [6, 6.07) is 14.3. The van der Waals surface area contributed by atoms with E-state index >= 15 is 0 Å². The Kier molecular flexibility index (Phi) is 8.18. The highest BCUT2D eigenvalue weighted by molar-refractivity contribution is 5.93. The third kappa shape index (κ3) is 6.19. The number of unbranched alkanes of at least 4 members (excludes halogenated alkanes) is 1. The predicted octanol–water partition coefficient (Wildman–Crippen LogP) is 6.77. The quantitative estimate of drug-likeness (QED) is 0.488. The zero-order valence-electron chi connectivity index (χ0n) is 17.7. The first-order valence-corrected chi connectivity index (χ1v) is 10.1. The average Bonchev–Trinajstić information content (AvgIpc) is 2.68. The van der Waals surface area contributed by atoms with Gasteiger partial charge in [-0.15, -0.1) is 5.11 Å². The number of carbonyl (C=O) groups is 1. The van der Waals surface area contributed by atoms with Crippen molar-refractivity contribution in [1.29, 1.82) is 0 Å². The number of hydrogen-bond acceptors (Lipinski definition) is 4. The third-order valence-corrected chi connectivity index (χ3v) is 4.81. The van der Waals surface area contributed by atoms with Crippen LogP contribution in [0.1, 0.15) is 52.5 Å². The second kappa shape index (κ2) is 10.6. The molecule has 0 heterocycles. The van der Waals surface area contributed by atoms with Gasteiger partial charge in [0.25, 0.3) is 0 Å². The SMILES string of the molecule is CCCCN(c1ccc(N=Nc2ccc(C)cc2)c(NC(C)=O)c1)C(C)CC. The summed E-state index contributed by atoms with van der Waals surface area (Å²) in [5.74, 6) is -0.118. The molecule has 2 aromatic rings. The number of aryl methyl sites for hydroxylation is 1. The van der Waals surface area contributed by atoms with Crippen molar-refractivity contribution in [2.24, 2.45) is 10.2 Å². The standard InChI is InChI=1S/C23H32N4O/c1-6-8-15-27(18(4)7-2)21-13-14-22(23(16-21)24-19(5)28)26-25-20-11-9-17(3)10-12-20/h9-14,16,18H,6-8,15H2,1-5H3,(H,24,28). The molecule has 0 saturated carbocycles. The Morgan fingerprint density at radius 1 is 1.11 bits per heavy atom. The fourth-order valence-corrected chi connectivity index (χ4v) is 2.96. The second-order valence-corrected chi connectivity index (χ2v) is 7.22. The molecule has 0 spiro atoms. The molecule has 1 unspecified atom stereocenters. The van der Waals surface area contributed by atoms with E-state index in [1.54, 1.807) is 0 Å². The maximum Gasteiger partial charge on any atom is 0.221 e. The van der Waals surface area contributed by atoms with Gasteiger partial charge in [-0.2, -0.15) is 5.11 Å². The summed E-state index contributed by atoms with van der Waals surface area (Å²) in [6.45, 7) is 11.2. The molecule has 28 heavy (non-hydrogen) atoms. The van der Waals surface area contributed by atoms with Gasteiger partial charge in [0, 0.05) is 25.2 Å². The van der Waals surface area contributed by atoms with E-state index in [0.29, 0.717) is 17.4 Å². The van der Waals surface area contributed by atoms with E-state index < -0.39 is 0 Å². The van der Waals surface area contributed by atoms with Crippen LogP contribution in [0.4, 0.5) is 22.7 Å². The summed E-state index contributed by atoms with van der Waals surface area (Å²) < 4.78 is 0. The van der Waals surface area contributed by atoms with Crippen molar-refractivity contribution in [2.75, 3.05) is 16.8 Å². The molecule has 0 aromatic heterocycles. The lowest BCUT2D eigenvalue weighted by molar-refractivity contribution is -0.114. The highest BCUT2D eigenvalue weighted by Gasteiger charge is 2.15. The number of hydrogen-bond donors (Lipinski definition) is 1. The summed E-state index contributed by atoms with van der Waals surface area (Å²) in [5.41, 5.74) is 4.40. The Balaban J connectivity index is 2.35. The Morgan fingerprint density at radius 3 is 2.43 bits per heavy atom. The van der Waals surface area contributed by atoms with Crippen molar-refractivity contribution in [1.82, 2.24) is 0 Å². The van der Waals surface area contributed by atoms with Gasteiger partial charge in [0.2, 0.25) is 5.91 Å². The number of rotatable bonds is 9. The van der Waals surface area contributed by atoms with Crippen molar-refractivity contribution >= 4 is 28.7 Å². The highest BCUT2D eigenvalue weighted by atomic mass is 16.1. The summed E-state index contributed by atoms with van der Waals surface area (Å²) in [6.07, 6.45) is 3.34. The molecule has 0 radical (unpaired) electrons. The second-order valence-electron chi connectivity index (χ2n) is 7.22. The van der Waals surface area contributed by atoms with E-state index in [9.17, 15) is 4.79 Å². The van der Waals surface area contributed by atoms with E-state index in [4.69, 9.17) is 0 Å². The van der Waals surface area contributed by atoms with Crippen LogP contribution in [0.3, 0.4) is 0 Å². The van der Waals surface area contributed by atoms with Gasteiger partial charge in [0.1, 0.15) is 5.69 Å². The number of azo groups is 1. The molecule has 0 saturated heterocycles. The van der Waals surface area contributed by atoms with Crippen molar-refractivity contribution in [3.05, 3.63) is 48.0 Å². The average molecular weight is 381 g/mol. The largest absolute Gasteiger partial charge is 0.369 e. The van der Waals surface area contributed by atoms with E-state index in [-0.39, 0.29) is 5.91 Å². The monoisotopic (exact) mass is 380 g/mol. The summed E-state index contributed by atoms with van der Waals surface area (Å²) in [4.78, 5) is 14.1. The number of anilines is 2. The predicted molar refractivity (Wildman–Crippen MR) is 118 cm³/mol. The lowest BCUT2D eigenvalue weighted by atomic mass is 10.1. The molecule has 1 amide bonds. The number of carbonyl (C=O) groups excluding carboxylic acids is 1. The van der Waals surface area contributed by atoms with E-state index in [2.05, 4.69) is 47.3 Å². The molecule has 0 fully saturated rings. The molecule has 0 aliphatic rings. The van der Waals surface area contributed by atoms with Crippen molar-refractivity contribution < 1.29 is 4.79 Å². The minimum Gasteiger partial charge on any atom is -0.369 e. The summed E-state index contributed by atoms with van der Waals surface area (Å²) in [5, 5.41) is 11.6. The first-order valence-electron chi connectivity index (χ1n) is 10.1. The van der Waals surface area contributed by atoms with Crippen LogP contribution in [-0.4, -0.2) is 18.5 Å². The number of amides is 1. The lowest BCUT2D eigenvalue weighted by Gasteiger charge is -2.31. The summed E-state index contributed by atoms with van der Waals surface area (Å²) in [7, 11) is 0. The normalized spacial score (nSPS) is 12.2. The van der Waals surface area contributed by atoms with E-state index in [0.717, 1.165) is 37.2 Å². The third-order valence-electron chi connectivity index (χ3n) is 4.81. The van der Waals surface area contributed by atoms with Gasteiger partial charge in [-0.1, -0.05) is 38.0 Å². The lowest BCUT2D eigenvalue weighted by Crippen LogP contribution is -2.33. The number of nitrogens with zero attached hydrogens (tertiary/aromatic N) is 3. The van der Waals surface area contributed by atoms with Crippen molar-refractivity contribution in [2.45, 2.75) is 59.9 Å². The van der Waals surface area contributed by atoms with Gasteiger partial charge < -0.3 is 10.2 Å². The number of nitrogens with one attached hydrogen (secondary N) is 1. The molecule has 5 heteroatoms. The van der Waals surface area contributed by atoms with Gasteiger partial charge in [0.15, 0.2) is 0 Å². The maximum atomic E-state index is 11.7. The number of benzene rings is 2. The molecule has 150 valence electrons. The van der Waals surface area contributed by atoms with Crippen LogP contribution in [0.5, 0.6) is 0 Å². The molecular weight excluding hydrogens is 348 g/mol. The molecular formula is C23H32N4O. The zero-order valence-corrected chi connectivity index (χ0v) is 17.7. The molecule has 0 aliphatic carbocycles. The van der Waals surface area contributed by atoms with Crippen LogP contribution < -0.4 is 10.2 Å². The summed E-state index contributed by atoms with van der Waals surface area (Å²) >= 11 is 0. The Bertz CT molecular complexity index is 799. The van der Waals surface area contributed by atoms with Crippen LogP contribution in [0.25, 0.3) is 0 Å².